The Kier molecular flexibility index (Phi) is 7.21. The van der Waals surface area contributed by atoms with E-state index in [9.17, 15) is 14.0 Å². The molecule has 0 saturated carbocycles. The van der Waals surface area contributed by atoms with Crippen molar-refractivity contribution in [2.24, 2.45) is 0 Å². The van der Waals surface area contributed by atoms with Gasteiger partial charge in [0.05, 0.1) is 18.4 Å². The van der Waals surface area contributed by atoms with Gasteiger partial charge < -0.3 is 20.3 Å². The van der Waals surface area contributed by atoms with Crippen molar-refractivity contribution in [3.05, 3.63) is 53.6 Å². The molecular weight excluding hydrogens is 387 g/mol. The normalized spacial score (nSPS) is 16.1. The molecule has 1 aliphatic heterocycles. The summed E-state index contributed by atoms with van der Waals surface area (Å²) in [5.74, 6) is -0.0387. The number of ether oxygens (including phenoxy) is 1. The fourth-order valence-electron chi connectivity index (χ4n) is 3.37. The van der Waals surface area contributed by atoms with E-state index >= 15 is 0 Å². The molecule has 1 saturated heterocycles. The van der Waals surface area contributed by atoms with Crippen molar-refractivity contribution in [3.8, 4) is 5.75 Å². The number of benzene rings is 1. The molecule has 0 bridgehead atoms. The lowest BCUT2D eigenvalue weighted by Gasteiger charge is -2.32. The highest BCUT2D eigenvalue weighted by molar-refractivity contribution is 5.88. The monoisotopic (exact) mass is 414 g/mol. The SMILES string of the molecule is CCc1ccc(NC(=O)NCc2cc(F)cc(O[C@@H]3CCCN(C(C)=O)C3)c2)cn1. The van der Waals surface area contributed by atoms with E-state index in [0.29, 0.717) is 23.5 Å². The number of hydrogen-bond acceptors (Lipinski definition) is 4. The summed E-state index contributed by atoms with van der Waals surface area (Å²) in [5, 5.41) is 5.40. The molecule has 1 fully saturated rings. The number of urea groups is 1. The van der Waals surface area contributed by atoms with Crippen molar-refractivity contribution in [3.63, 3.8) is 0 Å². The summed E-state index contributed by atoms with van der Waals surface area (Å²) in [4.78, 5) is 29.7. The van der Waals surface area contributed by atoms with Crippen LogP contribution in [0.3, 0.4) is 0 Å². The number of rotatable bonds is 6. The maximum Gasteiger partial charge on any atom is 0.319 e. The number of anilines is 1. The Balaban J connectivity index is 1.55. The van der Waals surface area contributed by atoms with Gasteiger partial charge >= 0.3 is 6.03 Å². The third-order valence-corrected chi connectivity index (χ3v) is 4.96. The van der Waals surface area contributed by atoms with Gasteiger partial charge in [0, 0.05) is 31.8 Å². The molecular formula is C22H27FN4O3. The molecule has 7 nitrogen and oxygen atoms in total. The second kappa shape index (κ2) is 10.0. The van der Waals surface area contributed by atoms with Gasteiger partial charge in [0.1, 0.15) is 17.7 Å². The van der Waals surface area contributed by atoms with E-state index in [2.05, 4.69) is 15.6 Å². The van der Waals surface area contributed by atoms with Gasteiger partial charge in [-0.15, -0.1) is 0 Å². The number of nitrogens with zero attached hydrogens (tertiary/aromatic N) is 2. The van der Waals surface area contributed by atoms with Crippen LogP contribution in [-0.2, 0) is 17.8 Å². The number of carbonyl (C=O) groups excluding carboxylic acids is 2. The minimum absolute atomic E-state index is 0.0120. The quantitative estimate of drug-likeness (QED) is 0.758. The van der Waals surface area contributed by atoms with Crippen molar-refractivity contribution in [1.82, 2.24) is 15.2 Å². The first-order valence-electron chi connectivity index (χ1n) is 10.1. The molecule has 30 heavy (non-hydrogen) atoms. The lowest BCUT2D eigenvalue weighted by atomic mass is 10.1. The van der Waals surface area contributed by atoms with Crippen LogP contribution in [0.15, 0.2) is 36.5 Å². The molecule has 3 amide bonds. The Hall–Kier alpha value is -3.16. The number of nitrogens with one attached hydrogen (secondary N) is 2. The van der Waals surface area contributed by atoms with E-state index in [-0.39, 0.29) is 18.6 Å². The molecule has 1 aromatic heterocycles. The van der Waals surface area contributed by atoms with Gasteiger partial charge in [-0.05, 0) is 49.1 Å². The zero-order chi connectivity index (χ0) is 21.5. The maximum absolute atomic E-state index is 14.0. The Morgan fingerprint density at radius 2 is 2.13 bits per heavy atom. The molecule has 1 aliphatic rings. The Morgan fingerprint density at radius 3 is 2.83 bits per heavy atom. The van der Waals surface area contributed by atoms with Crippen LogP contribution in [0.2, 0.25) is 0 Å². The van der Waals surface area contributed by atoms with Gasteiger partial charge in [0.25, 0.3) is 0 Å². The highest BCUT2D eigenvalue weighted by atomic mass is 19.1. The summed E-state index contributed by atoms with van der Waals surface area (Å²) in [6.07, 6.45) is 3.90. The summed E-state index contributed by atoms with van der Waals surface area (Å²) in [6, 6.07) is 7.61. The highest BCUT2D eigenvalue weighted by Gasteiger charge is 2.23. The summed E-state index contributed by atoms with van der Waals surface area (Å²) in [5.41, 5.74) is 2.11. The van der Waals surface area contributed by atoms with Gasteiger partial charge in [0.2, 0.25) is 5.91 Å². The molecule has 2 heterocycles. The van der Waals surface area contributed by atoms with E-state index in [1.54, 1.807) is 23.2 Å². The molecule has 1 atom stereocenters. The van der Waals surface area contributed by atoms with Gasteiger partial charge in [-0.25, -0.2) is 9.18 Å². The largest absolute Gasteiger partial charge is 0.488 e. The van der Waals surface area contributed by atoms with Crippen molar-refractivity contribution < 1.29 is 18.7 Å². The molecule has 2 N–H and O–H groups in total. The first-order chi connectivity index (χ1) is 14.4. The van der Waals surface area contributed by atoms with Crippen LogP contribution in [0, 0.1) is 5.82 Å². The summed E-state index contributed by atoms with van der Waals surface area (Å²) < 4.78 is 20.0. The fourth-order valence-corrected chi connectivity index (χ4v) is 3.37. The average molecular weight is 414 g/mol. The number of piperidine rings is 1. The summed E-state index contributed by atoms with van der Waals surface area (Å²) in [7, 11) is 0. The first kappa shape index (κ1) is 21.5. The zero-order valence-corrected chi connectivity index (χ0v) is 17.3. The van der Waals surface area contributed by atoms with Crippen LogP contribution in [0.25, 0.3) is 0 Å². The lowest BCUT2D eigenvalue weighted by molar-refractivity contribution is -0.131. The topological polar surface area (TPSA) is 83.6 Å². The molecule has 2 aromatic rings. The lowest BCUT2D eigenvalue weighted by Crippen LogP contribution is -2.43. The average Bonchev–Trinajstić information content (AvgIpc) is 2.72. The Morgan fingerprint density at radius 1 is 1.30 bits per heavy atom. The van der Waals surface area contributed by atoms with E-state index < -0.39 is 11.8 Å². The van der Waals surface area contributed by atoms with Crippen molar-refractivity contribution in [2.45, 2.75) is 45.8 Å². The molecule has 3 rings (SSSR count). The van der Waals surface area contributed by atoms with Gasteiger partial charge in [-0.3, -0.25) is 9.78 Å². The van der Waals surface area contributed by atoms with E-state index in [4.69, 9.17) is 4.74 Å². The predicted octanol–water partition coefficient (Wildman–Crippen LogP) is 3.49. The van der Waals surface area contributed by atoms with E-state index in [1.165, 1.54) is 19.1 Å². The third kappa shape index (κ3) is 6.17. The number of carbonyl (C=O) groups is 2. The Bertz CT molecular complexity index is 888. The number of likely N-dealkylation sites (tertiary alicyclic amines) is 1. The van der Waals surface area contributed by atoms with E-state index in [0.717, 1.165) is 31.5 Å². The van der Waals surface area contributed by atoms with Crippen LogP contribution >= 0.6 is 0 Å². The molecule has 0 spiro atoms. The highest BCUT2D eigenvalue weighted by Crippen LogP contribution is 2.21. The fraction of sp³-hybridized carbons (Fsp3) is 0.409. The van der Waals surface area contributed by atoms with Crippen LogP contribution in [0.5, 0.6) is 5.75 Å². The minimum atomic E-state index is -0.441. The molecule has 0 unspecified atom stereocenters. The van der Waals surface area contributed by atoms with Crippen molar-refractivity contribution in [1.29, 1.82) is 0 Å². The van der Waals surface area contributed by atoms with E-state index in [1.807, 2.05) is 13.0 Å². The summed E-state index contributed by atoms with van der Waals surface area (Å²) in [6.45, 7) is 4.90. The van der Waals surface area contributed by atoms with Gasteiger partial charge in [0.15, 0.2) is 0 Å². The minimum Gasteiger partial charge on any atom is -0.488 e. The maximum atomic E-state index is 14.0. The first-order valence-corrected chi connectivity index (χ1v) is 10.1. The van der Waals surface area contributed by atoms with Crippen molar-refractivity contribution >= 4 is 17.6 Å². The number of aromatic nitrogens is 1. The number of amides is 3. The second-order valence-corrected chi connectivity index (χ2v) is 7.34. The van der Waals surface area contributed by atoms with Crippen molar-refractivity contribution in [2.75, 3.05) is 18.4 Å². The van der Waals surface area contributed by atoms with Crippen LogP contribution in [-0.4, -0.2) is 41.0 Å². The smallest absolute Gasteiger partial charge is 0.319 e. The number of pyridine rings is 1. The predicted molar refractivity (Wildman–Crippen MR) is 112 cm³/mol. The zero-order valence-electron chi connectivity index (χ0n) is 17.3. The number of halogens is 1. The van der Waals surface area contributed by atoms with Gasteiger partial charge in [-0.2, -0.15) is 0 Å². The number of hydrogen-bond donors (Lipinski definition) is 2. The standard InChI is InChI=1S/C22H27FN4O3/c1-3-18-6-7-19(13-24-18)26-22(29)25-12-16-9-17(23)11-21(10-16)30-20-5-4-8-27(14-20)15(2)28/h6-7,9-11,13,20H,3-5,8,12,14H2,1-2H3,(H2,25,26,29)/t20-/m1/s1. The summed E-state index contributed by atoms with van der Waals surface area (Å²) >= 11 is 0. The Labute approximate surface area is 175 Å². The molecule has 1 aromatic carbocycles. The number of aryl methyl sites for hydroxylation is 1. The molecule has 160 valence electrons. The van der Waals surface area contributed by atoms with Crippen LogP contribution < -0.4 is 15.4 Å². The van der Waals surface area contributed by atoms with Crippen LogP contribution in [0.4, 0.5) is 14.9 Å². The molecule has 0 aliphatic carbocycles. The van der Waals surface area contributed by atoms with Crippen LogP contribution in [0.1, 0.15) is 37.9 Å². The van der Waals surface area contributed by atoms with Gasteiger partial charge in [-0.1, -0.05) is 6.92 Å². The molecule has 8 heteroatoms. The second-order valence-electron chi connectivity index (χ2n) is 7.34. The third-order valence-electron chi connectivity index (χ3n) is 4.96. The molecule has 0 radical (unpaired) electrons.